The maximum atomic E-state index is 14.8. The van der Waals surface area contributed by atoms with Gasteiger partial charge in [-0.2, -0.15) is 0 Å². The van der Waals surface area contributed by atoms with E-state index in [1.807, 2.05) is 72.8 Å². The Labute approximate surface area is 248 Å². The van der Waals surface area contributed by atoms with Gasteiger partial charge in [0.25, 0.3) is 0 Å². The van der Waals surface area contributed by atoms with Gasteiger partial charge >= 0.3 is 0 Å². The first-order valence-electron chi connectivity index (χ1n) is 12.5. The highest BCUT2D eigenvalue weighted by Crippen LogP contribution is 2.76. The van der Waals surface area contributed by atoms with Gasteiger partial charge in [-0.05, 0) is 92.7 Å². The third kappa shape index (κ3) is 3.19. The van der Waals surface area contributed by atoms with Crippen molar-refractivity contribution in [3.05, 3.63) is 126 Å². The van der Waals surface area contributed by atoms with Crippen molar-refractivity contribution in [3.63, 3.8) is 0 Å². The summed E-state index contributed by atoms with van der Waals surface area (Å²) in [5.74, 6) is 0.548. The van der Waals surface area contributed by atoms with Crippen LogP contribution in [0, 0.1) is 18.0 Å². The summed E-state index contributed by atoms with van der Waals surface area (Å²) < 4.78 is 14.7. The lowest BCUT2D eigenvalue weighted by Crippen LogP contribution is -2.75. The van der Waals surface area contributed by atoms with Crippen molar-refractivity contribution >= 4 is 56.7 Å². The Morgan fingerprint density at radius 3 is 1.37 bits per heavy atom. The summed E-state index contributed by atoms with van der Waals surface area (Å²) in [6.07, 6.45) is 0. The summed E-state index contributed by atoms with van der Waals surface area (Å²) in [7, 11) is 0. The molecule has 4 atom stereocenters. The van der Waals surface area contributed by atoms with E-state index in [1.54, 1.807) is 0 Å². The van der Waals surface area contributed by atoms with Crippen LogP contribution in [0.2, 0.25) is 0 Å². The molecule has 7 rings (SSSR count). The summed E-state index contributed by atoms with van der Waals surface area (Å²) >= 11 is 4.44. The molecule has 4 aromatic carbocycles. The van der Waals surface area contributed by atoms with Gasteiger partial charge in [-0.15, -0.1) is 0 Å². The Bertz CT molecular complexity index is 1480. The predicted octanol–water partition coefficient (Wildman–Crippen LogP) is 7.30. The fourth-order valence-corrected chi connectivity index (χ4v) is 8.02. The van der Waals surface area contributed by atoms with Crippen LogP contribution < -0.4 is 9.47 Å². The van der Waals surface area contributed by atoms with Crippen LogP contribution in [0.15, 0.2) is 97.1 Å². The van der Waals surface area contributed by atoms with Crippen molar-refractivity contribution in [1.29, 1.82) is 0 Å². The molecular formula is C32H22I2O4. The molecule has 0 radical (unpaired) electrons. The standard InChI is InChI=1S/C32H22I2O4/c33-21-11-13-25-23(15-21)29(35)31(17-37-25)27(19-7-3-1-4-8-19)28(20-9-5-2-6-10-20)32(31)18-38-26-14-12-22(34)16-24(26)30(32)36/h1-16,27-28H,17-18H2. The Balaban J connectivity index is 1.52. The largest absolute Gasteiger partial charge is 0.492 e. The second-order valence-electron chi connectivity index (χ2n) is 10.2. The second kappa shape index (κ2) is 8.91. The van der Waals surface area contributed by atoms with Gasteiger partial charge in [0.2, 0.25) is 0 Å². The molecule has 4 nitrogen and oxygen atoms in total. The number of halogens is 2. The van der Waals surface area contributed by atoms with Crippen molar-refractivity contribution in [2.45, 2.75) is 11.8 Å². The van der Waals surface area contributed by atoms with E-state index in [1.165, 1.54) is 0 Å². The van der Waals surface area contributed by atoms with Gasteiger partial charge in [-0.3, -0.25) is 9.59 Å². The normalized spacial score (nSPS) is 27.2. The zero-order valence-electron chi connectivity index (χ0n) is 20.2. The molecule has 2 aliphatic heterocycles. The monoisotopic (exact) mass is 724 g/mol. The molecular weight excluding hydrogens is 702 g/mol. The van der Waals surface area contributed by atoms with Crippen LogP contribution in [0.1, 0.15) is 43.7 Å². The molecule has 4 aromatic rings. The van der Waals surface area contributed by atoms with Gasteiger partial charge in [0.15, 0.2) is 11.6 Å². The van der Waals surface area contributed by atoms with E-state index in [0.717, 1.165) is 18.3 Å². The number of hydrogen-bond donors (Lipinski definition) is 0. The molecule has 0 bridgehead atoms. The molecule has 6 heteroatoms. The molecule has 0 saturated heterocycles. The van der Waals surface area contributed by atoms with E-state index >= 15 is 0 Å². The molecule has 1 saturated carbocycles. The maximum absolute atomic E-state index is 14.8. The SMILES string of the molecule is O=C1c2cc(I)ccc2OCC12C(c1ccccc1)C(c1ccccc1)C21COc2ccc(I)cc2C1=O. The Morgan fingerprint density at radius 2 is 0.974 bits per heavy atom. The molecule has 2 spiro atoms. The Morgan fingerprint density at radius 1 is 0.579 bits per heavy atom. The fourth-order valence-electron chi connectivity index (χ4n) is 7.03. The zero-order valence-corrected chi connectivity index (χ0v) is 24.5. The fraction of sp³-hybridized carbons (Fsp3) is 0.188. The van der Waals surface area contributed by atoms with Crippen molar-refractivity contribution in [1.82, 2.24) is 0 Å². The van der Waals surface area contributed by atoms with E-state index in [-0.39, 0.29) is 36.6 Å². The lowest BCUT2D eigenvalue weighted by atomic mass is 9.32. The number of fused-ring (bicyclic) bond motifs is 3. The van der Waals surface area contributed by atoms with E-state index in [9.17, 15) is 9.59 Å². The first-order valence-corrected chi connectivity index (χ1v) is 14.7. The molecule has 0 amide bonds. The van der Waals surface area contributed by atoms with Gasteiger partial charge in [0.1, 0.15) is 24.7 Å². The topological polar surface area (TPSA) is 52.6 Å². The molecule has 3 aliphatic rings. The van der Waals surface area contributed by atoms with Crippen molar-refractivity contribution in [2.24, 2.45) is 10.8 Å². The molecule has 38 heavy (non-hydrogen) atoms. The number of ketones is 2. The number of Topliss-reactive ketones (excluding diaryl/α,β-unsaturated/α-hetero) is 2. The van der Waals surface area contributed by atoms with Gasteiger partial charge in [-0.25, -0.2) is 0 Å². The van der Waals surface area contributed by atoms with E-state index in [4.69, 9.17) is 9.47 Å². The first kappa shape index (κ1) is 24.3. The average Bonchev–Trinajstić information content (AvgIpc) is 2.94. The highest BCUT2D eigenvalue weighted by Gasteiger charge is 2.80. The van der Waals surface area contributed by atoms with Crippen LogP contribution in [-0.4, -0.2) is 24.8 Å². The lowest BCUT2D eigenvalue weighted by Gasteiger charge is -2.68. The first-order chi connectivity index (χ1) is 18.5. The van der Waals surface area contributed by atoms with Crippen LogP contribution in [-0.2, 0) is 0 Å². The number of rotatable bonds is 2. The summed E-state index contributed by atoms with van der Waals surface area (Å²) in [6, 6.07) is 31.6. The van der Waals surface area contributed by atoms with Crippen LogP contribution in [0.4, 0.5) is 0 Å². The summed E-state index contributed by atoms with van der Waals surface area (Å²) in [5.41, 5.74) is 0.885. The predicted molar refractivity (Wildman–Crippen MR) is 161 cm³/mol. The van der Waals surface area contributed by atoms with Gasteiger partial charge in [-0.1, -0.05) is 60.7 Å². The van der Waals surface area contributed by atoms with Crippen molar-refractivity contribution in [2.75, 3.05) is 13.2 Å². The van der Waals surface area contributed by atoms with Gasteiger partial charge < -0.3 is 9.47 Å². The third-order valence-corrected chi connectivity index (χ3v) is 9.94. The second-order valence-corrected chi connectivity index (χ2v) is 12.7. The molecule has 2 heterocycles. The zero-order chi connectivity index (χ0) is 26.1. The minimum Gasteiger partial charge on any atom is -0.492 e. The summed E-state index contributed by atoms with van der Waals surface area (Å²) in [4.78, 5) is 29.7. The van der Waals surface area contributed by atoms with Crippen molar-refractivity contribution in [3.8, 4) is 11.5 Å². The number of hydrogen-bond acceptors (Lipinski definition) is 4. The Kier molecular flexibility index (Phi) is 5.70. The van der Waals surface area contributed by atoms with E-state index < -0.39 is 10.8 Å². The van der Waals surface area contributed by atoms with Gasteiger partial charge in [0, 0.05) is 19.0 Å². The van der Waals surface area contributed by atoms with Crippen LogP contribution in [0.5, 0.6) is 11.5 Å². The molecule has 0 aromatic heterocycles. The van der Waals surface area contributed by atoms with Crippen LogP contribution >= 0.6 is 45.2 Å². The molecule has 188 valence electrons. The highest BCUT2D eigenvalue weighted by molar-refractivity contribution is 14.1. The molecule has 0 N–H and O–H groups in total. The lowest BCUT2D eigenvalue weighted by molar-refractivity contribution is -0.124. The number of ether oxygens (including phenoxy) is 2. The summed E-state index contributed by atoms with van der Waals surface area (Å²) in [5, 5.41) is 0. The van der Waals surface area contributed by atoms with Gasteiger partial charge in [0.05, 0.1) is 22.0 Å². The highest BCUT2D eigenvalue weighted by atomic mass is 127. The number of benzene rings is 4. The quantitative estimate of drug-likeness (QED) is 0.204. The Hall–Kier alpha value is -2.72. The molecule has 4 unspecified atom stereocenters. The van der Waals surface area contributed by atoms with Crippen molar-refractivity contribution < 1.29 is 19.1 Å². The van der Waals surface area contributed by atoms with Crippen LogP contribution in [0.25, 0.3) is 0 Å². The van der Waals surface area contributed by atoms with Crippen LogP contribution in [0.3, 0.4) is 0 Å². The number of carbonyl (C=O) groups excluding carboxylic acids is 2. The molecule has 1 aliphatic carbocycles. The molecule has 1 fully saturated rings. The number of carbonyl (C=O) groups is 2. The van der Waals surface area contributed by atoms with E-state index in [2.05, 4.69) is 69.4 Å². The smallest absolute Gasteiger partial charge is 0.178 e. The third-order valence-electron chi connectivity index (χ3n) is 8.60. The average molecular weight is 724 g/mol. The minimum atomic E-state index is -1.12. The minimum absolute atomic E-state index is 0.0377. The maximum Gasteiger partial charge on any atom is 0.178 e. The van der Waals surface area contributed by atoms with E-state index in [0.29, 0.717) is 22.6 Å². The summed E-state index contributed by atoms with van der Waals surface area (Å²) in [6.45, 7) is 0.243.